The van der Waals surface area contributed by atoms with Gasteiger partial charge in [0, 0.05) is 25.0 Å². The summed E-state index contributed by atoms with van der Waals surface area (Å²) in [4.78, 5) is 0. The molecule has 1 aliphatic carbocycles. The summed E-state index contributed by atoms with van der Waals surface area (Å²) in [5.74, 6) is 2.63. The molecule has 0 amide bonds. The van der Waals surface area contributed by atoms with E-state index < -0.39 is 0 Å². The zero-order valence-electron chi connectivity index (χ0n) is 8.69. The van der Waals surface area contributed by atoms with Crippen LogP contribution in [0.2, 0.25) is 0 Å². The molecule has 1 aliphatic rings. The van der Waals surface area contributed by atoms with E-state index in [9.17, 15) is 0 Å². The van der Waals surface area contributed by atoms with Gasteiger partial charge >= 0.3 is 0 Å². The quantitative estimate of drug-likeness (QED) is 0.491. The van der Waals surface area contributed by atoms with Gasteiger partial charge in [-0.3, -0.25) is 0 Å². The molecule has 2 nitrogen and oxygen atoms in total. The second-order valence-electron chi connectivity index (χ2n) is 4.48. The van der Waals surface area contributed by atoms with Crippen LogP contribution in [0.5, 0.6) is 0 Å². The predicted octanol–water partition coefficient (Wildman–Crippen LogP) is 1.12. The van der Waals surface area contributed by atoms with Crippen LogP contribution in [0.25, 0.3) is 0 Å². The summed E-state index contributed by atoms with van der Waals surface area (Å²) in [7, 11) is 0. The molecule has 74 valence electrons. The number of rotatable bonds is 5. The maximum absolute atomic E-state index is 5.80. The Morgan fingerprint density at radius 3 is 2.62 bits per heavy atom. The minimum Gasteiger partial charge on any atom is -0.329 e. The van der Waals surface area contributed by atoms with Gasteiger partial charge in [0.2, 0.25) is 0 Å². The van der Waals surface area contributed by atoms with Crippen molar-refractivity contribution in [1.29, 1.82) is 0 Å². The van der Waals surface area contributed by atoms with Crippen LogP contribution in [0.1, 0.15) is 33.1 Å². The van der Waals surface area contributed by atoms with Crippen LogP contribution < -0.4 is 11.1 Å². The topological polar surface area (TPSA) is 38.0 Å². The largest absolute Gasteiger partial charge is 0.329 e. The highest BCUT2D eigenvalue weighted by Gasteiger charge is 2.51. The van der Waals surface area contributed by atoms with E-state index in [0.29, 0.717) is 12.0 Å². The average Bonchev–Trinajstić information content (AvgIpc) is 2.85. The molecule has 0 bridgehead atoms. The standard InChI is InChI=1S/C11H20N2/c1-4-5-8-13-11(3,9-12)10(2)6-7-10/h1,13H,5-9,12H2,2-3H3. The monoisotopic (exact) mass is 180 g/mol. The van der Waals surface area contributed by atoms with E-state index in [-0.39, 0.29) is 5.54 Å². The minimum absolute atomic E-state index is 0.0733. The van der Waals surface area contributed by atoms with E-state index in [1.165, 1.54) is 12.8 Å². The highest BCUT2D eigenvalue weighted by atomic mass is 15.0. The fourth-order valence-corrected chi connectivity index (χ4v) is 1.68. The Kier molecular flexibility index (Phi) is 3.00. The van der Waals surface area contributed by atoms with Gasteiger partial charge in [0.25, 0.3) is 0 Å². The first-order valence-corrected chi connectivity index (χ1v) is 4.96. The Morgan fingerprint density at radius 2 is 2.23 bits per heavy atom. The molecule has 13 heavy (non-hydrogen) atoms. The van der Waals surface area contributed by atoms with Gasteiger partial charge in [-0.2, -0.15) is 0 Å². The zero-order valence-corrected chi connectivity index (χ0v) is 8.69. The van der Waals surface area contributed by atoms with Crippen molar-refractivity contribution in [3.05, 3.63) is 0 Å². The number of nitrogens with one attached hydrogen (secondary N) is 1. The molecule has 0 aliphatic heterocycles. The van der Waals surface area contributed by atoms with E-state index in [2.05, 4.69) is 25.1 Å². The van der Waals surface area contributed by atoms with Crippen LogP contribution in [0.4, 0.5) is 0 Å². The molecule has 0 aromatic heterocycles. The highest BCUT2D eigenvalue weighted by molar-refractivity contribution is 5.08. The normalized spacial score (nSPS) is 23.2. The van der Waals surface area contributed by atoms with E-state index in [1.54, 1.807) is 0 Å². The third kappa shape index (κ3) is 2.04. The van der Waals surface area contributed by atoms with Crippen LogP contribution in [0.15, 0.2) is 0 Å². The second-order valence-corrected chi connectivity index (χ2v) is 4.48. The van der Waals surface area contributed by atoms with E-state index in [4.69, 9.17) is 12.2 Å². The molecule has 1 atom stereocenters. The summed E-state index contributed by atoms with van der Waals surface area (Å²) in [5.41, 5.74) is 6.27. The van der Waals surface area contributed by atoms with Gasteiger partial charge in [-0.15, -0.1) is 12.3 Å². The maximum Gasteiger partial charge on any atom is 0.0329 e. The fraction of sp³-hybridized carbons (Fsp3) is 0.818. The number of terminal acetylenes is 1. The smallest absolute Gasteiger partial charge is 0.0329 e. The highest BCUT2D eigenvalue weighted by Crippen LogP contribution is 2.53. The molecular formula is C11H20N2. The Balaban J connectivity index is 2.45. The summed E-state index contributed by atoms with van der Waals surface area (Å²) in [6.07, 6.45) is 8.55. The first kappa shape index (κ1) is 10.6. The van der Waals surface area contributed by atoms with E-state index in [0.717, 1.165) is 13.0 Å². The summed E-state index contributed by atoms with van der Waals surface area (Å²) in [5, 5.41) is 3.48. The number of hydrogen-bond donors (Lipinski definition) is 2. The lowest BCUT2D eigenvalue weighted by Gasteiger charge is -2.36. The molecule has 0 heterocycles. The Morgan fingerprint density at radius 1 is 1.62 bits per heavy atom. The van der Waals surface area contributed by atoms with Gasteiger partial charge in [-0.25, -0.2) is 0 Å². The van der Waals surface area contributed by atoms with Crippen molar-refractivity contribution in [3.8, 4) is 12.3 Å². The lowest BCUT2D eigenvalue weighted by atomic mass is 9.84. The van der Waals surface area contributed by atoms with Crippen LogP contribution in [-0.4, -0.2) is 18.6 Å². The van der Waals surface area contributed by atoms with Crippen molar-refractivity contribution in [2.24, 2.45) is 11.1 Å². The molecule has 1 unspecified atom stereocenters. The van der Waals surface area contributed by atoms with Gasteiger partial charge in [-0.1, -0.05) is 6.92 Å². The fourth-order valence-electron chi connectivity index (χ4n) is 1.68. The Labute approximate surface area is 81.3 Å². The van der Waals surface area contributed by atoms with Crippen molar-refractivity contribution in [2.45, 2.75) is 38.6 Å². The van der Waals surface area contributed by atoms with Crippen molar-refractivity contribution in [3.63, 3.8) is 0 Å². The first-order chi connectivity index (χ1) is 6.08. The van der Waals surface area contributed by atoms with Crippen LogP contribution in [0, 0.1) is 17.8 Å². The van der Waals surface area contributed by atoms with Crippen molar-refractivity contribution in [2.75, 3.05) is 13.1 Å². The van der Waals surface area contributed by atoms with Gasteiger partial charge in [0.1, 0.15) is 0 Å². The van der Waals surface area contributed by atoms with Crippen molar-refractivity contribution < 1.29 is 0 Å². The Bertz CT molecular complexity index is 213. The average molecular weight is 180 g/mol. The predicted molar refractivity (Wildman–Crippen MR) is 56.3 cm³/mol. The van der Waals surface area contributed by atoms with Gasteiger partial charge in [-0.05, 0) is 25.2 Å². The lowest BCUT2D eigenvalue weighted by Crippen LogP contribution is -2.54. The molecule has 3 N–H and O–H groups in total. The number of hydrogen-bond acceptors (Lipinski definition) is 2. The molecule has 0 aromatic carbocycles. The van der Waals surface area contributed by atoms with Gasteiger partial charge < -0.3 is 11.1 Å². The summed E-state index contributed by atoms with van der Waals surface area (Å²) in [6, 6.07) is 0. The molecule has 0 saturated heterocycles. The Hall–Kier alpha value is -0.520. The molecule has 1 fully saturated rings. The first-order valence-electron chi connectivity index (χ1n) is 4.96. The van der Waals surface area contributed by atoms with E-state index >= 15 is 0 Å². The number of nitrogens with two attached hydrogens (primary N) is 1. The molecule has 0 aromatic rings. The third-order valence-electron chi connectivity index (χ3n) is 3.52. The molecular weight excluding hydrogens is 160 g/mol. The maximum atomic E-state index is 5.80. The van der Waals surface area contributed by atoms with Crippen molar-refractivity contribution in [1.82, 2.24) is 5.32 Å². The summed E-state index contributed by atoms with van der Waals surface area (Å²) >= 11 is 0. The zero-order chi connectivity index (χ0) is 9.95. The lowest BCUT2D eigenvalue weighted by molar-refractivity contribution is 0.234. The summed E-state index contributed by atoms with van der Waals surface area (Å²) < 4.78 is 0. The van der Waals surface area contributed by atoms with E-state index in [1.807, 2.05) is 0 Å². The van der Waals surface area contributed by atoms with Crippen LogP contribution >= 0.6 is 0 Å². The molecule has 0 radical (unpaired) electrons. The molecule has 2 heteroatoms. The SMILES string of the molecule is C#CCCNC(C)(CN)C1(C)CC1. The molecule has 0 spiro atoms. The molecule has 1 rings (SSSR count). The minimum atomic E-state index is 0.0733. The van der Waals surface area contributed by atoms with Crippen LogP contribution in [0.3, 0.4) is 0 Å². The van der Waals surface area contributed by atoms with Gasteiger partial charge in [0.15, 0.2) is 0 Å². The second kappa shape index (κ2) is 3.69. The van der Waals surface area contributed by atoms with Gasteiger partial charge in [0.05, 0.1) is 0 Å². The van der Waals surface area contributed by atoms with Crippen LogP contribution in [-0.2, 0) is 0 Å². The molecule has 1 saturated carbocycles. The third-order valence-corrected chi connectivity index (χ3v) is 3.52. The van der Waals surface area contributed by atoms with Crippen molar-refractivity contribution >= 4 is 0 Å². The summed E-state index contributed by atoms with van der Waals surface area (Å²) in [6.45, 7) is 6.06.